The molecule has 0 aromatic rings. The number of carboxylic acid groups (broad SMARTS) is 1. The van der Waals surface area contributed by atoms with Crippen molar-refractivity contribution in [1.29, 1.82) is 0 Å². The summed E-state index contributed by atoms with van der Waals surface area (Å²) in [6.07, 6.45) is 12.2. The van der Waals surface area contributed by atoms with Gasteiger partial charge in [-0.15, -0.1) is 0 Å². The van der Waals surface area contributed by atoms with Gasteiger partial charge in [-0.3, -0.25) is 4.79 Å². The molecular formula is C30H44O4. The van der Waals surface area contributed by atoms with E-state index in [-0.39, 0.29) is 27.6 Å². The number of carboxylic acids is 1. The molecule has 4 heteroatoms. The summed E-state index contributed by atoms with van der Waals surface area (Å²) >= 11 is 0. The Morgan fingerprint density at radius 2 is 1.85 bits per heavy atom. The molecule has 4 aliphatic rings. The molecule has 0 radical (unpaired) electrons. The van der Waals surface area contributed by atoms with Crippen LogP contribution in [0.1, 0.15) is 93.4 Å². The van der Waals surface area contributed by atoms with Crippen LogP contribution in [-0.2, 0) is 9.59 Å². The van der Waals surface area contributed by atoms with Crippen molar-refractivity contribution in [2.24, 2.45) is 39.4 Å². The Morgan fingerprint density at radius 1 is 1.18 bits per heavy atom. The maximum atomic E-state index is 12.8. The Morgan fingerprint density at radius 3 is 2.50 bits per heavy atom. The number of hydrogen-bond acceptors (Lipinski definition) is 3. The summed E-state index contributed by atoms with van der Waals surface area (Å²) < 4.78 is 0. The third kappa shape index (κ3) is 3.34. The van der Waals surface area contributed by atoms with Crippen LogP contribution >= 0.6 is 0 Å². The smallest absolute Gasteiger partial charge is 0.330 e. The van der Waals surface area contributed by atoms with Crippen molar-refractivity contribution in [2.45, 2.75) is 99.5 Å². The summed E-state index contributed by atoms with van der Waals surface area (Å²) in [5, 5.41) is 20.9. The minimum absolute atomic E-state index is 0.0737. The number of rotatable bonds is 5. The first-order chi connectivity index (χ1) is 15.7. The number of aliphatic hydroxyl groups is 1. The zero-order valence-electron chi connectivity index (χ0n) is 22.2. The highest BCUT2D eigenvalue weighted by Crippen LogP contribution is 2.71. The van der Waals surface area contributed by atoms with Crippen LogP contribution < -0.4 is 0 Å². The number of allylic oxidation sites excluding steroid dienone is 4. The van der Waals surface area contributed by atoms with Crippen molar-refractivity contribution in [3.63, 3.8) is 0 Å². The molecule has 2 saturated carbocycles. The lowest BCUT2D eigenvalue weighted by Crippen LogP contribution is -2.56. The van der Waals surface area contributed by atoms with Gasteiger partial charge in [-0.1, -0.05) is 59.8 Å². The van der Waals surface area contributed by atoms with E-state index in [0.717, 1.165) is 38.5 Å². The van der Waals surface area contributed by atoms with Gasteiger partial charge in [-0.05, 0) is 79.8 Å². The molecule has 0 amide bonds. The van der Waals surface area contributed by atoms with Gasteiger partial charge in [0.15, 0.2) is 0 Å². The number of hydrogen-bond donors (Lipinski definition) is 2. The Bertz CT molecular complexity index is 984. The lowest BCUT2D eigenvalue weighted by atomic mass is 9.44. The summed E-state index contributed by atoms with van der Waals surface area (Å²) in [7, 11) is 0. The van der Waals surface area contributed by atoms with E-state index >= 15 is 0 Å². The molecule has 2 N–H and O–H groups in total. The first-order valence-electron chi connectivity index (χ1n) is 13.3. The van der Waals surface area contributed by atoms with E-state index in [1.54, 1.807) is 6.92 Å². The Balaban J connectivity index is 1.67. The van der Waals surface area contributed by atoms with Crippen LogP contribution in [0.2, 0.25) is 0 Å². The average Bonchev–Trinajstić information content (AvgIpc) is 3.05. The summed E-state index contributed by atoms with van der Waals surface area (Å²) in [4.78, 5) is 23.9. The second kappa shape index (κ2) is 8.18. The number of fused-ring (bicyclic) bond motifs is 5. The monoisotopic (exact) mass is 468 g/mol. The summed E-state index contributed by atoms with van der Waals surface area (Å²) in [5.41, 5.74) is 2.39. The summed E-state index contributed by atoms with van der Waals surface area (Å²) in [5.74, 6) is 0.572. The van der Waals surface area contributed by atoms with Crippen LogP contribution in [0.5, 0.6) is 0 Å². The van der Waals surface area contributed by atoms with Crippen molar-refractivity contribution in [3.8, 4) is 0 Å². The van der Waals surface area contributed by atoms with E-state index in [1.165, 1.54) is 11.1 Å². The summed E-state index contributed by atoms with van der Waals surface area (Å²) in [6.45, 7) is 15.2. The fourth-order valence-corrected chi connectivity index (χ4v) is 8.64. The van der Waals surface area contributed by atoms with Crippen LogP contribution in [0.15, 0.2) is 34.9 Å². The number of aliphatic carboxylic acids is 1. The predicted octanol–water partition coefficient (Wildman–Crippen LogP) is 6.50. The molecule has 4 nitrogen and oxygen atoms in total. The number of Topliss-reactive ketones (excluding diaryl/α,β-unsaturated/α-hetero) is 1. The van der Waals surface area contributed by atoms with Gasteiger partial charge in [0, 0.05) is 28.2 Å². The van der Waals surface area contributed by atoms with E-state index in [9.17, 15) is 14.7 Å². The predicted molar refractivity (Wildman–Crippen MR) is 135 cm³/mol. The van der Waals surface area contributed by atoms with Crippen molar-refractivity contribution in [3.05, 3.63) is 34.9 Å². The van der Waals surface area contributed by atoms with Gasteiger partial charge in [-0.2, -0.15) is 0 Å². The quantitative estimate of drug-likeness (QED) is 0.452. The van der Waals surface area contributed by atoms with Crippen LogP contribution in [0.3, 0.4) is 0 Å². The number of carbonyl (C=O) groups is 2. The van der Waals surface area contributed by atoms with Crippen LogP contribution in [0.25, 0.3) is 0 Å². The average molecular weight is 469 g/mol. The lowest BCUT2D eigenvalue weighted by Gasteiger charge is -2.60. The molecule has 0 saturated heterocycles. The minimum atomic E-state index is -0.850. The van der Waals surface area contributed by atoms with Gasteiger partial charge in [0.05, 0.1) is 6.10 Å². The molecule has 188 valence electrons. The third-order valence-electron chi connectivity index (χ3n) is 11.2. The van der Waals surface area contributed by atoms with E-state index < -0.39 is 12.1 Å². The zero-order valence-corrected chi connectivity index (χ0v) is 22.2. The first kappa shape index (κ1) is 25.4. The zero-order chi connectivity index (χ0) is 25.3. The van der Waals surface area contributed by atoms with Gasteiger partial charge in [0.2, 0.25) is 0 Å². The molecule has 34 heavy (non-hydrogen) atoms. The Hall–Kier alpha value is -1.68. The van der Waals surface area contributed by atoms with Crippen molar-refractivity contribution >= 4 is 11.8 Å². The van der Waals surface area contributed by atoms with E-state index in [4.69, 9.17) is 5.11 Å². The number of ketones is 1. The van der Waals surface area contributed by atoms with Crippen molar-refractivity contribution < 1.29 is 19.8 Å². The van der Waals surface area contributed by atoms with E-state index in [2.05, 4.69) is 53.7 Å². The van der Waals surface area contributed by atoms with Crippen molar-refractivity contribution in [1.82, 2.24) is 0 Å². The first-order valence-corrected chi connectivity index (χ1v) is 13.3. The molecule has 0 aromatic carbocycles. The van der Waals surface area contributed by atoms with E-state index in [1.807, 2.05) is 6.08 Å². The van der Waals surface area contributed by atoms with Gasteiger partial charge in [0.25, 0.3) is 0 Å². The number of aliphatic hydroxyl groups excluding tert-OH is 1. The molecule has 4 aliphatic carbocycles. The summed E-state index contributed by atoms with van der Waals surface area (Å²) in [6, 6.07) is 0. The molecule has 0 aliphatic heterocycles. The van der Waals surface area contributed by atoms with Gasteiger partial charge in [0.1, 0.15) is 5.78 Å². The number of carbonyl (C=O) groups excluding carboxylic acids is 1. The highest BCUT2D eigenvalue weighted by molar-refractivity contribution is 5.86. The Labute approximate surface area is 205 Å². The second-order valence-electron chi connectivity index (χ2n) is 13.0. The Kier molecular flexibility index (Phi) is 6.12. The maximum Gasteiger partial charge on any atom is 0.330 e. The third-order valence-corrected chi connectivity index (χ3v) is 11.2. The topological polar surface area (TPSA) is 74.6 Å². The molecule has 4 rings (SSSR count). The standard InChI is InChI=1S/C30H44O4/c1-18(9-8-10-19(2)26(33)34)20-13-16-29(6)21-11-12-23-27(3,4)24(31)14-15-28(23,5)22(21)17-25(32)30(20,29)7/h10-11,17-18,20,23,25,32H,8-9,12-16H2,1-7H3,(H,33,34)/b19-10-/t18-,20-,23?,25-,28-,29+,30+/m1/s1. The van der Waals surface area contributed by atoms with E-state index in [0.29, 0.717) is 29.6 Å². The molecule has 7 atom stereocenters. The molecule has 1 unspecified atom stereocenters. The van der Waals surface area contributed by atoms with Gasteiger partial charge >= 0.3 is 5.97 Å². The molecule has 0 heterocycles. The fraction of sp³-hybridized carbons (Fsp3) is 0.733. The maximum absolute atomic E-state index is 12.8. The lowest BCUT2D eigenvalue weighted by molar-refractivity contribution is -0.138. The largest absolute Gasteiger partial charge is 0.478 e. The second-order valence-corrected chi connectivity index (χ2v) is 13.0. The normalized spacial score (nSPS) is 42.2. The van der Waals surface area contributed by atoms with Gasteiger partial charge in [-0.25, -0.2) is 4.79 Å². The van der Waals surface area contributed by atoms with Crippen LogP contribution in [0, 0.1) is 39.4 Å². The van der Waals surface area contributed by atoms with Gasteiger partial charge < -0.3 is 10.2 Å². The highest BCUT2D eigenvalue weighted by atomic mass is 16.4. The fourth-order valence-electron chi connectivity index (χ4n) is 8.64. The molecular weight excluding hydrogens is 424 g/mol. The molecule has 2 fully saturated rings. The SMILES string of the molecule is C/C(=C/CC[C@@H](C)[C@H]1CC[C@@]2(C)C3=CCC4C(C)(C)C(=O)CC[C@]4(C)C3=C[C@@H](O)[C@]12C)C(=O)O. The van der Waals surface area contributed by atoms with Crippen LogP contribution in [0.4, 0.5) is 0 Å². The highest BCUT2D eigenvalue weighted by Gasteiger charge is 2.65. The minimum Gasteiger partial charge on any atom is -0.478 e. The molecule has 0 bridgehead atoms. The molecule has 0 aromatic heterocycles. The molecule has 0 spiro atoms. The van der Waals surface area contributed by atoms with Crippen molar-refractivity contribution in [2.75, 3.05) is 0 Å². The van der Waals surface area contributed by atoms with Crippen LogP contribution in [-0.4, -0.2) is 28.1 Å².